The fourth-order valence-corrected chi connectivity index (χ4v) is 4.58. The molecule has 0 radical (unpaired) electrons. The molecule has 5 nitrogen and oxygen atoms in total. The Morgan fingerprint density at radius 1 is 1.16 bits per heavy atom. The summed E-state index contributed by atoms with van der Waals surface area (Å²) in [5, 5.41) is 3.47. The molecule has 1 N–H and O–H groups in total. The molecule has 0 aromatic heterocycles. The van der Waals surface area contributed by atoms with E-state index in [0.717, 1.165) is 31.7 Å². The van der Waals surface area contributed by atoms with E-state index in [1.165, 1.54) is 12.0 Å². The summed E-state index contributed by atoms with van der Waals surface area (Å²) in [6.45, 7) is 6.29. The number of carbonyl (C=O) groups excluding carboxylic acids is 2. The van der Waals surface area contributed by atoms with Gasteiger partial charge in [-0.05, 0) is 50.3 Å². The van der Waals surface area contributed by atoms with Crippen LogP contribution in [0.2, 0.25) is 0 Å². The highest BCUT2D eigenvalue weighted by Gasteiger charge is 2.41. The molecule has 0 spiro atoms. The lowest BCUT2D eigenvalue weighted by molar-refractivity contribution is -0.144. The predicted octanol–water partition coefficient (Wildman–Crippen LogP) is 1.55. The van der Waals surface area contributed by atoms with E-state index in [9.17, 15) is 9.59 Å². The first kappa shape index (κ1) is 16.6. The second kappa shape index (κ2) is 6.79. The minimum atomic E-state index is -0.277. The zero-order valence-corrected chi connectivity index (χ0v) is 14.9. The number of rotatable bonds is 3. The fourth-order valence-electron chi connectivity index (χ4n) is 4.58. The van der Waals surface area contributed by atoms with Crippen LogP contribution < -0.4 is 5.32 Å². The van der Waals surface area contributed by atoms with Crippen molar-refractivity contribution >= 4 is 11.8 Å². The summed E-state index contributed by atoms with van der Waals surface area (Å²) in [5.41, 5.74) is 2.30. The van der Waals surface area contributed by atoms with Gasteiger partial charge in [-0.15, -0.1) is 0 Å². The van der Waals surface area contributed by atoms with Gasteiger partial charge in [-0.25, -0.2) is 0 Å². The van der Waals surface area contributed by atoms with Crippen LogP contribution in [0.4, 0.5) is 0 Å². The molecular weight excluding hydrogens is 314 g/mol. The molecule has 4 rings (SSSR count). The summed E-state index contributed by atoms with van der Waals surface area (Å²) in [6.07, 6.45) is 2.38. The molecule has 3 aliphatic heterocycles. The normalized spacial score (nSPS) is 29.2. The molecule has 0 saturated carbocycles. The lowest BCUT2D eigenvalue weighted by atomic mass is 9.85. The Labute approximate surface area is 149 Å². The van der Waals surface area contributed by atoms with Gasteiger partial charge in [-0.2, -0.15) is 0 Å². The van der Waals surface area contributed by atoms with Crippen LogP contribution in [0.3, 0.4) is 0 Å². The van der Waals surface area contributed by atoms with Gasteiger partial charge >= 0.3 is 0 Å². The van der Waals surface area contributed by atoms with Gasteiger partial charge in [0, 0.05) is 26.1 Å². The Hall–Kier alpha value is -1.88. The first-order valence-corrected chi connectivity index (χ1v) is 9.44. The van der Waals surface area contributed by atoms with Crippen molar-refractivity contribution in [2.45, 2.75) is 38.8 Å². The molecule has 0 aliphatic carbocycles. The summed E-state index contributed by atoms with van der Waals surface area (Å²) in [7, 11) is 0. The smallest absolute Gasteiger partial charge is 0.245 e. The Balaban J connectivity index is 1.47. The van der Waals surface area contributed by atoms with Crippen molar-refractivity contribution in [3.63, 3.8) is 0 Å². The van der Waals surface area contributed by atoms with Gasteiger partial charge in [0.2, 0.25) is 11.8 Å². The molecule has 3 aliphatic rings. The van der Waals surface area contributed by atoms with E-state index in [0.29, 0.717) is 31.2 Å². The van der Waals surface area contributed by atoms with Gasteiger partial charge < -0.3 is 15.1 Å². The summed E-state index contributed by atoms with van der Waals surface area (Å²) in [4.78, 5) is 29.4. The standard InChI is InChI=1S/C20H27N3O2/c1-14-2-4-15(5-3-14)13-23-18(6-7-19(23)24)20(25)22-11-16-8-17(12-22)10-21-9-16/h2-5,16-18,21H,6-13H2,1H3/t16?,17?,18-/m0/s1. The summed E-state index contributed by atoms with van der Waals surface area (Å²) >= 11 is 0. The van der Waals surface area contributed by atoms with Gasteiger partial charge in [0.25, 0.3) is 0 Å². The number of nitrogens with zero attached hydrogens (tertiary/aromatic N) is 2. The van der Waals surface area contributed by atoms with E-state index in [4.69, 9.17) is 0 Å². The Bertz CT molecular complexity index is 645. The zero-order chi connectivity index (χ0) is 17.4. The number of hydrogen-bond acceptors (Lipinski definition) is 3. The molecule has 2 unspecified atom stereocenters. The number of piperidine rings is 2. The summed E-state index contributed by atoms with van der Waals surface area (Å²) < 4.78 is 0. The van der Waals surface area contributed by atoms with Crippen LogP contribution in [0.15, 0.2) is 24.3 Å². The van der Waals surface area contributed by atoms with Crippen molar-refractivity contribution in [2.75, 3.05) is 26.2 Å². The second-order valence-electron chi connectivity index (χ2n) is 7.93. The molecule has 3 fully saturated rings. The summed E-state index contributed by atoms with van der Waals surface area (Å²) in [6, 6.07) is 7.95. The maximum atomic E-state index is 13.1. The van der Waals surface area contributed by atoms with E-state index in [-0.39, 0.29) is 17.9 Å². The molecule has 3 saturated heterocycles. The molecule has 1 aromatic carbocycles. The molecule has 3 heterocycles. The van der Waals surface area contributed by atoms with Crippen LogP contribution in [0, 0.1) is 18.8 Å². The van der Waals surface area contributed by atoms with Gasteiger partial charge in [0.15, 0.2) is 0 Å². The van der Waals surface area contributed by atoms with Crippen LogP contribution in [0.5, 0.6) is 0 Å². The highest BCUT2D eigenvalue weighted by molar-refractivity contribution is 5.91. The highest BCUT2D eigenvalue weighted by atomic mass is 16.2. The number of benzene rings is 1. The molecule has 2 bridgehead atoms. The van der Waals surface area contributed by atoms with Crippen molar-refractivity contribution in [3.05, 3.63) is 35.4 Å². The molecular formula is C20H27N3O2. The van der Waals surface area contributed by atoms with E-state index in [1.54, 1.807) is 4.90 Å². The lowest BCUT2D eigenvalue weighted by Gasteiger charge is -2.43. The van der Waals surface area contributed by atoms with Crippen molar-refractivity contribution in [2.24, 2.45) is 11.8 Å². The van der Waals surface area contributed by atoms with Gasteiger partial charge in [-0.1, -0.05) is 29.8 Å². The van der Waals surface area contributed by atoms with Gasteiger partial charge in [0.1, 0.15) is 6.04 Å². The number of likely N-dealkylation sites (tertiary alicyclic amines) is 2. The number of amides is 2. The lowest BCUT2D eigenvalue weighted by Crippen LogP contribution is -2.56. The Morgan fingerprint density at radius 2 is 1.84 bits per heavy atom. The maximum absolute atomic E-state index is 13.1. The SMILES string of the molecule is Cc1ccc(CN2C(=O)CC[C@H]2C(=O)N2CC3CNCC(C3)C2)cc1. The van der Waals surface area contributed by atoms with Gasteiger partial charge in [-0.3, -0.25) is 9.59 Å². The van der Waals surface area contributed by atoms with Crippen molar-refractivity contribution in [3.8, 4) is 0 Å². The van der Waals surface area contributed by atoms with Crippen LogP contribution in [0.1, 0.15) is 30.4 Å². The first-order valence-electron chi connectivity index (χ1n) is 9.44. The Kier molecular flexibility index (Phi) is 4.50. The maximum Gasteiger partial charge on any atom is 0.245 e. The highest BCUT2D eigenvalue weighted by Crippen LogP contribution is 2.28. The number of nitrogens with one attached hydrogen (secondary N) is 1. The van der Waals surface area contributed by atoms with Crippen LogP contribution in [-0.2, 0) is 16.1 Å². The van der Waals surface area contributed by atoms with E-state index in [2.05, 4.69) is 36.5 Å². The minimum Gasteiger partial charge on any atom is -0.340 e. The minimum absolute atomic E-state index is 0.109. The molecule has 3 atom stereocenters. The second-order valence-corrected chi connectivity index (χ2v) is 7.93. The zero-order valence-electron chi connectivity index (χ0n) is 14.9. The monoisotopic (exact) mass is 341 g/mol. The number of hydrogen-bond donors (Lipinski definition) is 1. The molecule has 1 aromatic rings. The third-order valence-corrected chi connectivity index (χ3v) is 5.89. The number of fused-ring (bicyclic) bond motifs is 2. The molecule has 134 valence electrons. The summed E-state index contributed by atoms with van der Waals surface area (Å²) in [5.74, 6) is 1.41. The van der Waals surface area contributed by atoms with Crippen LogP contribution in [-0.4, -0.2) is 53.8 Å². The third-order valence-electron chi connectivity index (χ3n) is 5.89. The number of carbonyl (C=O) groups is 2. The van der Waals surface area contributed by atoms with Crippen molar-refractivity contribution in [1.29, 1.82) is 0 Å². The average Bonchev–Trinajstić information content (AvgIpc) is 2.96. The first-order chi connectivity index (χ1) is 12.1. The molecule has 25 heavy (non-hydrogen) atoms. The van der Waals surface area contributed by atoms with E-state index < -0.39 is 0 Å². The largest absolute Gasteiger partial charge is 0.340 e. The average molecular weight is 341 g/mol. The topological polar surface area (TPSA) is 52.7 Å². The van der Waals surface area contributed by atoms with Crippen molar-refractivity contribution in [1.82, 2.24) is 15.1 Å². The molecule has 5 heteroatoms. The third kappa shape index (κ3) is 3.43. The number of aryl methyl sites for hydroxylation is 1. The van der Waals surface area contributed by atoms with Gasteiger partial charge in [0.05, 0.1) is 0 Å². The predicted molar refractivity (Wildman–Crippen MR) is 95.8 cm³/mol. The van der Waals surface area contributed by atoms with Crippen molar-refractivity contribution < 1.29 is 9.59 Å². The van der Waals surface area contributed by atoms with Crippen LogP contribution >= 0.6 is 0 Å². The quantitative estimate of drug-likeness (QED) is 0.908. The van der Waals surface area contributed by atoms with E-state index >= 15 is 0 Å². The van der Waals surface area contributed by atoms with E-state index in [1.807, 2.05) is 4.90 Å². The fraction of sp³-hybridized carbons (Fsp3) is 0.600. The van der Waals surface area contributed by atoms with Crippen LogP contribution in [0.25, 0.3) is 0 Å². The Morgan fingerprint density at radius 3 is 2.52 bits per heavy atom. The molecule has 2 amide bonds.